The molecule has 2 N–H and O–H groups in total. The zero-order valence-electron chi connectivity index (χ0n) is 18.3. The molecule has 1 heterocycles. The van der Waals surface area contributed by atoms with E-state index in [1.165, 1.54) is 15.3 Å². The molecule has 0 radical (unpaired) electrons. The van der Waals surface area contributed by atoms with Gasteiger partial charge in [0.15, 0.2) is 0 Å². The van der Waals surface area contributed by atoms with Gasteiger partial charge in [0.25, 0.3) is 0 Å². The maximum Gasteiger partial charge on any atom is 0.408 e. The van der Waals surface area contributed by atoms with E-state index in [1.807, 2.05) is 32.9 Å². The number of hydrogen-bond donors (Lipinski definition) is 1. The van der Waals surface area contributed by atoms with E-state index in [4.69, 9.17) is 10.5 Å². The fourth-order valence-electron chi connectivity index (χ4n) is 4.70. The Balaban J connectivity index is 1.86. The molecule has 0 bridgehead atoms. The molecule has 4 atom stereocenters. The molecule has 8 heteroatoms. The average Bonchev–Trinajstić information content (AvgIpc) is 3.49. The van der Waals surface area contributed by atoms with Crippen molar-refractivity contribution in [2.45, 2.75) is 51.3 Å². The number of benzene rings is 2. The number of rotatable bonds is 6. The van der Waals surface area contributed by atoms with E-state index in [0.717, 1.165) is 22.4 Å². The number of hydrogen-bond acceptors (Lipinski definition) is 3. The summed E-state index contributed by atoms with van der Waals surface area (Å²) in [5, 5.41) is 0. The van der Waals surface area contributed by atoms with Gasteiger partial charge in [0.1, 0.15) is 5.75 Å². The molecule has 2 aromatic carbocycles. The van der Waals surface area contributed by atoms with Crippen LogP contribution >= 0.6 is 9.24 Å². The van der Waals surface area contributed by atoms with Crippen molar-refractivity contribution in [2.75, 3.05) is 11.4 Å². The van der Waals surface area contributed by atoms with Crippen molar-refractivity contribution >= 4 is 26.7 Å². The molecular weight excluding hydrogens is 433 g/mol. The zero-order valence-corrected chi connectivity index (χ0v) is 19.5. The Labute approximate surface area is 188 Å². The summed E-state index contributed by atoms with van der Waals surface area (Å²) in [6.07, 6.45) is 1.09. The highest BCUT2D eigenvalue weighted by Crippen LogP contribution is 2.50. The monoisotopic (exact) mass is 460 g/mol. The highest BCUT2D eigenvalue weighted by Gasteiger charge is 2.43. The molecule has 4 rings (SSSR count). The van der Waals surface area contributed by atoms with Gasteiger partial charge in [0.2, 0.25) is 11.8 Å². The molecule has 2 aromatic rings. The molecule has 1 aliphatic carbocycles. The molecule has 3 unspecified atom stereocenters. The second kappa shape index (κ2) is 8.11. The molecule has 1 aliphatic heterocycles. The summed E-state index contributed by atoms with van der Waals surface area (Å²) in [7, 11) is 1.39. The number of fused-ring (bicyclic) bond motifs is 1. The molecule has 2 aliphatic rings. The molecule has 170 valence electrons. The Morgan fingerprint density at radius 2 is 2.00 bits per heavy atom. The standard InChI is InChI=1S/C24H27F2N2O3P/c1-4-28-20-11-15(12(2)7-16(20)13(3)8-22(28)29)18-9-14(17-10-19(17)23(27)30)5-6-21(18)31-24(25,26)32/h5-7,9,11,13,17,19H,4,8,10,32H2,1-3H3,(H2,27,30)/t13?,17-,19?/m1/s1. The number of nitrogens with two attached hydrogens (primary N) is 1. The molecule has 5 nitrogen and oxygen atoms in total. The minimum Gasteiger partial charge on any atom is -0.429 e. The van der Waals surface area contributed by atoms with Crippen LogP contribution in [0.15, 0.2) is 30.3 Å². The Morgan fingerprint density at radius 3 is 2.59 bits per heavy atom. The molecule has 0 saturated heterocycles. The quantitative estimate of drug-likeness (QED) is 0.623. The van der Waals surface area contributed by atoms with Crippen molar-refractivity contribution in [1.29, 1.82) is 0 Å². The summed E-state index contributed by atoms with van der Waals surface area (Å²) >= 11 is 0. The summed E-state index contributed by atoms with van der Waals surface area (Å²) in [5.41, 5.74) is 10.3. The first-order valence-corrected chi connectivity index (χ1v) is 11.3. The van der Waals surface area contributed by atoms with E-state index < -0.39 is 5.85 Å². The molecule has 0 spiro atoms. The first-order chi connectivity index (χ1) is 15.0. The van der Waals surface area contributed by atoms with E-state index in [-0.39, 0.29) is 35.3 Å². The third kappa shape index (κ3) is 4.23. The Morgan fingerprint density at radius 1 is 1.28 bits per heavy atom. The lowest BCUT2D eigenvalue weighted by atomic mass is 9.86. The predicted octanol–water partition coefficient (Wildman–Crippen LogP) is 4.92. The van der Waals surface area contributed by atoms with Crippen LogP contribution in [0.25, 0.3) is 11.1 Å². The van der Waals surface area contributed by atoms with Crippen molar-refractivity contribution in [1.82, 2.24) is 0 Å². The van der Waals surface area contributed by atoms with Crippen LogP contribution in [0.4, 0.5) is 14.5 Å². The summed E-state index contributed by atoms with van der Waals surface area (Å²) < 4.78 is 32.5. The number of carbonyl (C=O) groups excluding carboxylic acids is 2. The summed E-state index contributed by atoms with van der Waals surface area (Å²) in [6.45, 7) is 6.38. The number of aryl methyl sites for hydroxylation is 1. The lowest BCUT2D eigenvalue weighted by Crippen LogP contribution is -2.36. The van der Waals surface area contributed by atoms with Gasteiger partial charge in [-0.2, -0.15) is 8.78 Å². The average molecular weight is 460 g/mol. The fourth-order valence-corrected chi connectivity index (χ4v) is 4.83. The highest BCUT2D eigenvalue weighted by molar-refractivity contribution is 7.17. The summed E-state index contributed by atoms with van der Waals surface area (Å²) in [4.78, 5) is 25.9. The first-order valence-electron chi connectivity index (χ1n) is 10.7. The van der Waals surface area contributed by atoms with Crippen LogP contribution in [-0.4, -0.2) is 24.2 Å². The minimum absolute atomic E-state index is 0.0246. The largest absolute Gasteiger partial charge is 0.429 e. The lowest BCUT2D eigenvalue weighted by molar-refractivity contribution is -0.120. The number of anilines is 1. The van der Waals surface area contributed by atoms with Gasteiger partial charge in [-0.05, 0) is 81.8 Å². The Hall–Kier alpha value is -2.53. The number of ether oxygens (including phenoxy) is 1. The van der Waals surface area contributed by atoms with Gasteiger partial charge in [-0.15, -0.1) is 0 Å². The van der Waals surface area contributed by atoms with E-state index in [0.29, 0.717) is 30.5 Å². The number of carbonyl (C=O) groups is 2. The maximum absolute atomic E-state index is 13.8. The number of nitrogens with zero attached hydrogens (tertiary/aromatic N) is 1. The zero-order chi connectivity index (χ0) is 23.4. The van der Waals surface area contributed by atoms with Gasteiger partial charge < -0.3 is 15.4 Å². The highest BCUT2D eigenvalue weighted by atomic mass is 31.0. The van der Waals surface area contributed by atoms with Gasteiger partial charge in [0.05, 0.1) is 0 Å². The van der Waals surface area contributed by atoms with Crippen molar-refractivity contribution in [3.05, 3.63) is 47.0 Å². The van der Waals surface area contributed by atoms with Crippen molar-refractivity contribution in [2.24, 2.45) is 11.7 Å². The Kier molecular flexibility index (Phi) is 5.74. The number of primary amides is 1. The van der Waals surface area contributed by atoms with E-state index in [2.05, 4.69) is 0 Å². The number of alkyl halides is 2. The SMILES string of the molecule is CCN1C(=O)CC(C)c2cc(C)c(-c3cc([C@H]4CC4C(N)=O)ccc3OC(F)(F)P)cc21. The molecule has 1 fully saturated rings. The van der Waals surface area contributed by atoms with Crippen LogP contribution in [-0.2, 0) is 9.59 Å². The first kappa shape index (κ1) is 22.7. The maximum atomic E-state index is 13.8. The van der Waals surface area contributed by atoms with Crippen LogP contribution in [0, 0.1) is 12.8 Å². The summed E-state index contributed by atoms with van der Waals surface area (Å²) in [6, 6.07) is 8.96. The van der Waals surface area contributed by atoms with Gasteiger partial charge >= 0.3 is 5.85 Å². The topological polar surface area (TPSA) is 72.6 Å². The Bertz CT molecular complexity index is 1100. The second-order valence-electron chi connectivity index (χ2n) is 8.74. The summed E-state index contributed by atoms with van der Waals surface area (Å²) in [5.74, 6) is -3.90. The van der Waals surface area contributed by atoms with Crippen LogP contribution in [0.1, 0.15) is 55.2 Å². The second-order valence-corrected chi connectivity index (χ2v) is 9.41. The van der Waals surface area contributed by atoms with Crippen LogP contribution < -0.4 is 15.4 Å². The van der Waals surface area contributed by atoms with Gasteiger partial charge in [-0.1, -0.05) is 19.1 Å². The van der Waals surface area contributed by atoms with E-state index in [1.54, 1.807) is 17.0 Å². The third-order valence-electron chi connectivity index (χ3n) is 6.42. The fraction of sp³-hybridized carbons (Fsp3) is 0.417. The molecular formula is C24H27F2N2O3P. The molecule has 32 heavy (non-hydrogen) atoms. The third-order valence-corrected chi connectivity index (χ3v) is 6.54. The minimum atomic E-state index is -3.44. The van der Waals surface area contributed by atoms with E-state index in [9.17, 15) is 18.4 Å². The van der Waals surface area contributed by atoms with E-state index >= 15 is 0 Å². The van der Waals surface area contributed by atoms with Crippen molar-refractivity contribution < 1.29 is 23.1 Å². The van der Waals surface area contributed by atoms with Gasteiger partial charge in [-0.3, -0.25) is 9.59 Å². The van der Waals surface area contributed by atoms with Gasteiger partial charge in [0, 0.05) is 30.1 Å². The smallest absolute Gasteiger partial charge is 0.408 e. The van der Waals surface area contributed by atoms with Crippen molar-refractivity contribution in [3.8, 4) is 16.9 Å². The van der Waals surface area contributed by atoms with Gasteiger partial charge in [-0.25, -0.2) is 0 Å². The molecule has 2 amide bonds. The molecule has 0 aromatic heterocycles. The van der Waals surface area contributed by atoms with Crippen LogP contribution in [0.2, 0.25) is 0 Å². The normalized spacial score (nSPS) is 22.5. The number of halogens is 2. The van der Waals surface area contributed by atoms with Crippen LogP contribution in [0.3, 0.4) is 0 Å². The lowest BCUT2D eigenvalue weighted by Gasteiger charge is -2.33. The predicted molar refractivity (Wildman–Crippen MR) is 123 cm³/mol. The van der Waals surface area contributed by atoms with Crippen molar-refractivity contribution in [3.63, 3.8) is 0 Å². The van der Waals surface area contributed by atoms with Crippen LogP contribution in [0.5, 0.6) is 5.75 Å². The number of amides is 2. The molecule has 1 saturated carbocycles.